The van der Waals surface area contributed by atoms with Gasteiger partial charge in [0.2, 0.25) is 16.1 Å². The molecule has 1 aliphatic heterocycles. The van der Waals surface area contributed by atoms with Gasteiger partial charge in [0.15, 0.2) is 5.79 Å². The first-order chi connectivity index (χ1) is 13.1. The maximum atomic E-state index is 13.6. The van der Waals surface area contributed by atoms with Crippen molar-refractivity contribution in [1.29, 1.82) is 0 Å². The number of nitrogens with two attached hydrogens (primary N) is 1. The van der Waals surface area contributed by atoms with Crippen LogP contribution in [0.2, 0.25) is 0 Å². The van der Waals surface area contributed by atoms with Crippen LogP contribution in [0.4, 0.5) is 17.6 Å². The summed E-state index contributed by atoms with van der Waals surface area (Å²) in [7, 11) is -5.32. The van der Waals surface area contributed by atoms with Crippen molar-refractivity contribution in [2.75, 3.05) is 6.61 Å². The molecule has 1 fully saturated rings. The molecule has 14 heteroatoms. The Morgan fingerprint density at radius 1 is 1.34 bits per heavy atom. The van der Waals surface area contributed by atoms with Gasteiger partial charge in [-0.2, -0.15) is 13.2 Å². The molecule has 2 rings (SSSR count). The number of esters is 1. The molecule has 0 aliphatic carbocycles. The van der Waals surface area contributed by atoms with Crippen LogP contribution in [0.25, 0.3) is 0 Å². The highest BCUT2D eigenvalue weighted by molar-refractivity contribution is 7.89. The smallest absolute Gasteiger partial charge is 0.446 e. The van der Waals surface area contributed by atoms with Gasteiger partial charge in [-0.1, -0.05) is 0 Å². The first kappa shape index (κ1) is 23.0. The second-order valence-corrected chi connectivity index (χ2v) is 7.99. The molecule has 0 bridgehead atoms. The van der Waals surface area contributed by atoms with Crippen molar-refractivity contribution in [1.82, 2.24) is 4.72 Å². The van der Waals surface area contributed by atoms with Gasteiger partial charge in [0.05, 0.1) is 17.1 Å². The van der Waals surface area contributed by atoms with Gasteiger partial charge in [-0.3, -0.25) is 4.79 Å². The molecule has 2 unspecified atom stereocenters. The van der Waals surface area contributed by atoms with Crippen LogP contribution in [0.3, 0.4) is 0 Å². The van der Waals surface area contributed by atoms with E-state index in [4.69, 9.17) is 19.9 Å². The van der Waals surface area contributed by atoms with Crippen molar-refractivity contribution >= 4 is 21.9 Å². The molecular weight excluding hydrogens is 428 g/mol. The maximum Gasteiger partial charge on any atom is 0.470 e. The van der Waals surface area contributed by atoms with Crippen LogP contribution < -0.4 is 10.5 Å². The summed E-state index contributed by atoms with van der Waals surface area (Å²) in [6.45, 7) is 2.76. The zero-order chi connectivity index (χ0) is 22.2. The third kappa shape index (κ3) is 5.85. The van der Waals surface area contributed by atoms with Crippen molar-refractivity contribution < 1.29 is 49.8 Å². The molecule has 3 N–H and O–H groups in total. The Labute approximate surface area is 162 Å². The number of carbonyl (C=O) groups is 2. The molecule has 1 amide bonds. The summed E-state index contributed by atoms with van der Waals surface area (Å²) in [5.74, 6) is -5.09. The molecule has 0 saturated carbocycles. The van der Waals surface area contributed by atoms with Gasteiger partial charge in [-0.25, -0.2) is 17.6 Å². The number of benzene rings is 1. The largest absolute Gasteiger partial charge is 0.470 e. The number of alkyl halides is 3. The Bertz CT molecular complexity index is 918. The van der Waals surface area contributed by atoms with E-state index in [9.17, 15) is 35.6 Å². The number of ether oxygens (including phenoxy) is 3. The first-order valence-electron chi connectivity index (χ1n) is 7.84. The zero-order valence-corrected chi connectivity index (χ0v) is 15.8. The summed E-state index contributed by atoms with van der Waals surface area (Å²) in [5, 5.41) is 0. The fourth-order valence-corrected chi connectivity index (χ4v) is 3.56. The molecule has 1 saturated heterocycles. The topological polar surface area (TPSA) is 134 Å². The van der Waals surface area contributed by atoms with Crippen LogP contribution in [0, 0.1) is 5.82 Å². The molecule has 162 valence electrons. The third-order valence-electron chi connectivity index (χ3n) is 3.58. The Balaban J connectivity index is 2.37. The normalized spacial score (nSPS) is 20.3. The van der Waals surface area contributed by atoms with Crippen LogP contribution in [0.15, 0.2) is 23.1 Å². The summed E-state index contributed by atoms with van der Waals surface area (Å²) in [5.41, 5.74) is 4.09. The number of amides is 1. The van der Waals surface area contributed by atoms with E-state index < -0.39 is 62.5 Å². The molecule has 0 spiro atoms. The molecule has 29 heavy (non-hydrogen) atoms. The molecule has 1 aromatic rings. The van der Waals surface area contributed by atoms with E-state index in [-0.39, 0.29) is 6.61 Å². The van der Waals surface area contributed by atoms with Gasteiger partial charge in [-0.15, -0.1) is 4.72 Å². The molecule has 1 aliphatic rings. The number of sulfonamides is 1. The van der Waals surface area contributed by atoms with Crippen molar-refractivity contribution in [3.05, 3.63) is 29.6 Å². The Kier molecular flexibility index (Phi) is 6.23. The minimum absolute atomic E-state index is 0.224. The van der Waals surface area contributed by atoms with Crippen LogP contribution in [-0.2, 0) is 29.0 Å². The number of hydrogen-bond donors (Lipinski definition) is 2. The SMILES string of the molecule is CC1(C)OCC(C(OC(=O)c2cc(F)ccc2S(=O)(=O)NC(F)(F)F)C(N)=O)O1. The van der Waals surface area contributed by atoms with Crippen molar-refractivity contribution in [3.63, 3.8) is 0 Å². The second-order valence-electron chi connectivity index (χ2n) is 6.34. The van der Waals surface area contributed by atoms with Crippen LogP contribution in [0.1, 0.15) is 24.2 Å². The lowest BCUT2D eigenvalue weighted by Gasteiger charge is -2.22. The quantitative estimate of drug-likeness (QED) is 0.376. The van der Waals surface area contributed by atoms with Gasteiger partial charge in [0.1, 0.15) is 11.9 Å². The summed E-state index contributed by atoms with van der Waals surface area (Å²) >= 11 is 0. The lowest BCUT2D eigenvalue weighted by Crippen LogP contribution is -2.44. The van der Waals surface area contributed by atoms with E-state index in [0.29, 0.717) is 22.9 Å². The number of rotatable bonds is 6. The summed E-state index contributed by atoms with van der Waals surface area (Å²) in [4.78, 5) is 22.8. The van der Waals surface area contributed by atoms with Crippen LogP contribution in [0.5, 0.6) is 0 Å². The average molecular weight is 444 g/mol. The van der Waals surface area contributed by atoms with Crippen molar-refractivity contribution in [2.45, 2.75) is 43.0 Å². The van der Waals surface area contributed by atoms with E-state index in [1.54, 1.807) is 0 Å². The minimum atomic E-state index is -5.36. The first-order valence-corrected chi connectivity index (χ1v) is 9.32. The summed E-state index contributed by atoms with van der Waals surface area (Å²) in [6, 6.07) is 1.32. The average Bonchev–Trinajstić information content (AvgIpc) is 2.89. The van der Waals surface area contributed by atoms with Gasteiger partial charge in [0, 0.05) is 0 Å². The van der Waals surface area contributed by atoms with E-state index >= 15 is 0 Å². The lowest BCUT2D eigenvalue weighted by atomic mass is 10.2. The Hall–Kier alpha value is -2.29. The number of carbonyl (C=O) groups excluding carboxylic acids is 2. The monoisotopic (exact) mass is 444 g/mol. The molecule has 0 aromatic heterocycles. The number of hydrogen-bond acceptors (Lipinski definition) is 7. The van der Waals surface area contributed by atoms with E-state index in [1.807, 2.05) is 0 Å². The number of nitrogens with one attached hydrogen (secondary N) is 1. The third-order valence-corrected chi connectivity index (χ3v) is 5.02. The van der Waals surface area contributed by atoms with E-state index in [1.165, 1.54) is 13.8 Å². The Morgan fingerprint density at radius 2 is 1.97 bits per heavy atom. The predicted octanol–water partition coefficient (Wildman–Crippen LogP) is 0.786. The van der Waals surface area contributed by atoms with Crippen LogP contribution >= 0.6 is 0 Å². The van der Waals surface area contributed by atoms with Crippen molar-refractivity contribution in [2.24, 2.45) is 5.73 Å². The molecule has 2 atom stereocenters. The molecule has 1 heterocycles. The minimum Gasteiger partial charge on any atom is -0.446 e. The standard InChI is InChI=1S/C15H16F4N2O7S/c1-14(2)26-6-9(28-14)11(12(20)22)27-13(23)8-5-7(16)3-4-10(8)29(24,25)21-15(17,18)19/h3-5,9,11,21H,6H2,1-2H3,(H2,20,22). The molecular formula is C15H16F4N2O7S. The highest BCUT2D eigenvalue weighted by Gasteiger charge is 2.43. The fraction of sp³-hybridized carbons (Fsp3) is 0.467. The molecule has 0 radical (unpaired) electrons. The number of halogens is 4. The van der Waals surface area contributed by atoms with Gasteiger partial charge in [0.25, 0.3) is 5.91 Å². The Morgan fingerprint density at radius 3 is 2.45 bits per heavy atom. The van der Waals surface area contributed by atoms with Crippen LogP contribution in [-0.4, -0.2) is 51.2 Å². The maximum absolute atomic E-state index is 13.6. The highest BCUT2D eigenvalue weighted by Crippen LogP contribution is 2.27. The predicted molar refractivity (Wildman–Crippen MR) is 86.1 cm³/mol. The van der Waals surface area contributed by atoms with Gasteiger partial charge >= 0.3 is 12.3 Å². The van der Waals surface area contributed by atoms with Gasteiger partial charge < -0.3 is 19.9 Å². The summed E-state index contributed by atoms with van der Waals surface area (Å²) < 4.78 is 90.6. The molecule has 9 nitrogen and oxygen atoms in total. The highest BCUT2D eigenvalue weighted by atomic mass is 32.2. The van der Waals surface area contributed by atoms with Gasteiger partial charge in [-0.05, 0) is 32.0 Å². The number of primary amides is 1. The lowest BCUT2D eigenvalue weighted by molar-refractivity contribution is -0.158. The van der Waals surface area contributed by atoms with E-state index in [0.717, 1.165) is 0 Å². The second kappa shape index (κ2) is 7.85. The zero-order valence-electron chi connectivity index (χ0n) is 14.9. The molecule has 1 aromatic carbocycles. The summed E-state index contributed by atoms with van der Waals surface area (Å²) in [6.07, 6.45) is -8.31. The fourth-order valence-electron chi connectivity index (χ4n) is 2.46. The van der Waals surface area contributed by atoms with E-state index in [2.05, 4.69) is 0 Å². The van der Waals surface area contributed by atoms with Crippen molar-refractivity contribution in [3.8, 4) is 0 Å².